The van der Waals surface area contributed by atoms with E-state index in [9.17, 15) is 15.0 Å². The Bertz CT molecular complexity index is 749. The number of ether oxygens (including phenoxy) is 1. The molecule has 0 bridgehead atoms. The number of fused-ring (bicyclic) bond motifs is 1. The minimum atomic E-state index is -1.30. The van der Waals surface area contributed by atoms with Crippen molar-refractivity contribution >= 4 is 22.9 Å². The molecule has 0 aliphatic carbocycles. The highest BCUT2D eigenvalue weighted by Gasteiger charge is 2.44. The molecule has 3 heterocycles. The molecule has 3 rings (SSSR count). The van der Waals surface area contributed by atoms with Gasteiger partial charge >= 0.3 is 0 Å². The van der Waals surface area contributed by atoms with E-state index in [1.807, 2.05) is 0 Å². The van der Waals surface area contributed by atoms with E-state index in [0.29, 0.717) is 0 Å². The average molecular weight is 324 g/mol. The molecular formula is C12H16N6O5. The van der Waals surface area contributed by atoms with Crippen molar-refractivity contribution in [3.8, 4) is 0 Å². The number of anilines is 1. The Morgan fingerprint density at radius 3 is 2.78 bits per heavy atom. The number of amides is 1. The van der Waals surface area contributed by atoms with E-state index >= 15 is 0 Å². The zero-order valence-corrected chi connectivity index (χ0v) is 12.1. The number of aliphatic hydroxyl groups excluding tert-OH is 3. The van der Waals surface area contributed by atoms with E-state index in [1.54, 1.807) is 0 Å². The minimum absolute atomic E-state index is 0.000839. The number of nitrogens with two attached hydrogens (primary N) is 1. The summed E-state index contributed by atoms with van der Waals surface area (Å²) in [5, 5.41) is 31.5. The number of hydrogen-bond donors (Lipinski definition) is 5. The van der Waals surface area contributed by atoms with Crippen LogP contribution in [-0.4, -0.2) is 72.7 Å². The fourth-order valence-corrected chi connectivity index (χ4v) is 2.45. The van der Waals surface area contributed by atoms with Crippen LogP contribution in [0, 0.1) is 0 Å². The Hall–Kier alpha value is -2.34. The first-order valence-corrected chi connectivity index (χ1v) is 6.82. The number of rotatable bonds is 3. The van der Waals surface area contributed by atoms with Gasteiger partial charge in [0, 0.05) is 7.05 Å². The number of carbonyl (C=O) groups is 1. The molecule has 2 aromatic rings. The molecule has 1 aliphatic rings. The highest BCUT2D eigenvalue weighted by molar-refractivity contribution is 5.93. The minimum Gasteiger partial charge on any atom is -0.394 e. The van der Waals surface area contributed by atoms with E-state index < -0.39 is 37.1 Å². The van der Waals surface area contributed by atoms with Crippen LogP contribution in [0.25, 0.3) is 11.2 Å². The van der Waals surface area contributed by atoms with Gasteiger partial charge in [0.2, 0.25) is 5.82 Å². The first-order chi connectivity index (χ1) is 11.0. The summed E-state index contributed by atoms with van der Waals surface area (Å²) in [6.07, 6.45) is -3.22. The van der Waals surface area contributed by atoms with Crippen molar-refractivity contribution in [2.45, 2.75) is 24.5 Å². The van der Waals surface area contributed by atoms with Crippen LogP contribution < -0.4 is 11.1 Å². The Morgan fingerprint density at radius 2 is 2.17 bits per heavy atom. The third kappa shape index (κ3) is 2.39. The Balaban J connectivity index is 2.08. The average Bonchev–Trinajstić information content (AvgIpc) is 3.09. The highest BCUT2D eigenvalue weighted by atomic mass is 16.6. The summed E-state index contributed by atoms with van der Waals surface area (Å²) in [5.41, 5.74) is 6.18. The van der Waals surface area contributed by atoms with Gasteiger partial charge < -0.3 is 31.1 Å². The summed E-state index contributed by atoms with van der Waals surface area (Å²) < 4.78 is 6.76. The van der Waals surface area contributed by atoms with E-state index in [4.69, 9.17) is 15.6 Å². The molecule has 1 aliphatic heterocycles. The molecule has 0 saturated carbocycles. The number of carbonyl (C=O) groups excluding carboxylic acids is 1. The highest BCUT2D eigenvalue weighted by Crippen LogP contribution is 2.31. The van der Waals surface area contributed by atoms with E-state index in [2.05, 4.69) is 20.3 Å². The third-order valence-electron chi connectivity index (χ3n) is 3.67. The number of imidazole rings is 1. The maximum Gasteiger partial charge on any atom is 0.288 e. The van der Waals surface area contributed by atoms with Crippen LogP contribution in [0.15, 0.2) is 6.33 Å². The first kappa shape index (κ1) is 15.6. The summed E-state index contributed by atoms with van der Waals surface area (Å²) in [4.78, 5) is 23.7. The molecule has 11 heteroatoms. The molecular weight excluding hydrogens is 308 g/mol. The zero-order chi connectivity index (χ0) is 16.7. The van der Waals surface area contributed by atoms with Crippen LogP contribution in [0.2, 0.25) is 0 Å². The molecule has 6 N–H and O–H groups in total. The number of nitrogens with one attached hydrogen (secondary N) is 1. The van der Waals surface area contributed by atoms with Gasteiger partial charge in [-0.3, -0.25) is 9.36 Å². The molecule has 1 fully saturated rings. The van der Waals surface area contributed by atoms with E-state index in [0.717, 1.165) is 0 Å². The van der Waals surface area contributed by atoms with Crippen molar-refractivity contribution in [2.24, 2.45) is 0 Å². The lowest BCUT2D eigenvalue weighted by Gasteiger charge is -2.16. The van der Waals surface area contributed by atoms with Gasteiger partial charge in [-0.1, -0.05) is 0 Å². The van der Waals surface area contributed by atoms with Gasteiger partial charge in [0.25, 0.3) is 5.91 Å². The molecule has 0 radical (unpaired) electrons. The maximum atomic E-state index is 11.7. The Kier molecular flexibility index (Phi) is 3.85. The predicted octanol–water partition coefficient (Wildman–Crippen LogP) is -2.62. The lowest BCUT2D eigenvalue weighted by molar-refractivity contribution is -0.0511. The summed E-state index contributed by atoms with van der Waals surface area (Å²) >= 11 is 0. The molecule has 1 unspecified atom stereocenters. The molecule has 23 heavy (non-hydrogen) atoms. The lowest BCUT2D eigenvalue weighted by atomic mass is 10.1. The fourth-order valence-electron chi connectivity index (χ4n) is 2.45. The third-order valence-corrected chi connectivity index (χ3v) is 3.67. The van der Waals surface area contributed by atoms with Crippen molar-refractivity contribution in [1.82, 2.24) is 24.8 Å². The second-order valence-corrected chi connectivity index (χ2v) is 5.06. The number of nitrogen functional groups attached to an aromatic ring is 1. The second-order valence-electron chi connectivity index (χ2n) is 5.06. The molecule has 11 nitrogen and oxygen atoms in total. The lowest BCUT2D eigenvalue weighted by Crippen LogP contribution is -2.33. The molecule has 4 atom stereocenters. The van der Waals surface area contributed by atoms with Gasteiger partial charge in [0.05, 0.1) is 12.9 Å². The predicted molar refractivity (Wildman–Crippen MR) is 76.1 cm³/mol. The van der Waals surface area contributed by atoms with Crippen molar-refractivity contribution in [1.29, 1.82) is 0 Å². The second kappa shape index (κ2) is 5.70. The molecule has 124 valence electrons. The maximum absolute atomic E-state index is 11.7. The van der Waals surface area contributed by atoms with Gasteiger partial charge in [0.1, 0.15) is 23.8 Å². The van der Waals surface area contributed by atoms with Crippen LogP contribution in [0.3, 0.4) is 0 Å². The van der Waals surface area contributed by atoms with Crippen molar-refractivity contribution in [3.05, 3.63) is 12.2 Å². The largest absolute Gasteiger partial charge is 0.394 e. The Morgan fingerprint density at radius 1 is 1.43 bits per heavy atom. The quantitative estimate of drug-likeness (QED) is 0.405. The standard InChI is InChI=1S/C12H16N6O5/c1-14-11(22)9-16-8(13)5-10(17-9)18(3-15-5)12-7(21)6(20)4(2-19)23-12/h3-4,6-7,12,19-21H,2H2,1H3,(H,14,22)(H2,13,16,17)/t4-,6?,7+,12-/m1/s1. The number of hydrogen-bond acceptors (Lipinski definition) is 9. The monoisotopic (exact) mass is 324 g/mol. The molecule has 0 aromatic carbocycles. The van der Waals surface area contributed by atoms with Gasteiger partial charge in [-0.15, -0.1) is 0 Å². The van der Waals surface area contributed by atoms with Gasteiger partial charge in [-0.2, -0.15) is 0 Å². The summed E-state index contributed by atoms with van der Waals surface area (Å²) in [6.45, 7) is -0.456. The topological polar surface area (TPSA) is 169 Å². The van der Waals surface area contributed by atoms with Crippen LogP contribution in [0.1, 0.15) is 16.8 Å². The summed E-state index contributed by atoms with van der Waals surface area (Å²) in [7, 11) is 1.43. The van der Waals surface area contributed by atoms with Crippen LogP contribution in [0.5, 0.6) is 0 Å². The fraction of sp³-hybridized carbons (Fsp3) is 0.500. The number of aromatic nitrogens is 4. The van der Waals surface area contributed by atoms with Gasteiger partial charge in [-0.05, 0) is 0 Å². The zero-order valence-electron chi connectivity index (χ0n) is 12.1. The van der Waals surface area contributed by atoms with Crippen molar-refractivity contribution in [2.75, 3.05) is 19.4 Å². The van der Waals surface area contributed by atoms with Crippen LogP contribution in [-0.2, 0) is 4.74 Å². The number of nitrogens with zero attached hydrogens (tertiary/aromatic N) is 4. The first-order valence-electron chi connectivity index (χ1n) is 6.82. The van der Waals surface area contributed by atoms with Gasteiger partial charge in [-0.25, -0.2) is 15.0 Å². The van der Waals surface area contributed by atoms with Crippen LogP contribution in [0.4, 0.5) is 5.82 Å². The SMILES string of the molecule is CNC(=O)c1nc(N)c2ncn([C@@H]3O[C@H](CO)C(O)[C@@H]3O)c2n1. The van der Waals surface area contributed by atoms with Crippen molar-refractivity contribution in [3.63, 3.8) is 0 Å². The molecule has 1 amide bonds. The Labute approximate surface area is 129 Å². The molecule has 0 spiro atoms. The van der Waals surface area contributed by atoms with Crippen LogP contribution >= 0.6 is 0 Å². The van der Waals surface area contributed by atoms with E-state index in [1.165, 1.54) is 17.9 Å². The number of aliphatic hydroxyl groups is 3. The molecule has 2 aromatic heterocycles. The smallest absolute Gasteiger partial charge is 0.288 e. The van der Waals surface area contributed by atoms with Gasteiger partial charge in [0.15, 0.2) is 17.7 Å². The summed E-state index contributed by atoms with van der Waals surface area (Å²) in [5.74, 6) is -0.697. The molecule has 1 saturated heterocycles. The van der Waals surface area contributed by atoms with Crippen molar-refractivity contribution < 1.29 is 24.9 Å². The summed E-state index contributed by atoms with van der Waals surface area (Å²) in [6, 6.07) is 0. The normalized spacial score (nSPS) is 27.5. The van der Waals surface area contributed by atoms with E-state index in [-0.39, 0.29) is 22.8 Å².